The van der Waals surface area contributed by atoms with Gasteiger partial charge in [0, 0.05) is 13.1 Å². The number of alkyl halides is 2. The molecule has 0 bridgehead atoms. The van der Waals surface area contributed by atoms with Crippen LogP contribution in [-0.4, -0.2) is 51.2 Å². The van der Waals surface area contributed by atoms with E-state index >= 15 is 0 Å². The van der Waals surface area contributed by atoms with Gasteiger partial charge in [-0.25, -0.2) is 4.79 Å². The monoisotopic (exact) mass is 734 g/mol. The maximum Gasteiger partial charge on any atom is 0.0967 e. The number of benzene rings is 4. The van der Waals surface area contributed by atoms with Crippen molar-refractivity contribution >= 4 is 59.5 Å². The Labute approximate surface area is 270 Å². The number of rotatable bonds is 12. The number of nitrogens with one attached hydrogen (secondary N) is 1. The van der Waals surface area contributed by atoms with Crippen molar-refractivity contribution < 1.29 is 40.4 Å². The number of ether oxygens (including phenoxy) is 1. The van der Waals surface area contributed by atoms with E-state index in [1.807, 2.05) is 0 Å². The predicted octanol–water partition coefficient (Wildman–Crippen LogP) is 5.27. The second-order valence-corrected chi connectivity index (χ2v) is 13.9. The van der Waals surface area contributed by atoms with Crippen molar-refractivity contribution in [3.63, 3.8) is 0 Å². The molecule has 0 unspecified atom stereocenters. The number of carbonyl (C=O) groups is 1. The van der Waals surface area contributed by atoms with E-state index in [-0.39, 0.29) is 6.61 Å². The Balaban J connectivity index is 0.000000663. The Morgan fingerprint density at radius 2 is 0.977 bits per heavy atom. The van der Waals surface area contributed by atoms with Crippen molar-refractivity contribution in [2.45, 2.75) is 13.3 Å². The first-order valence-electron chi connectivity index (χ1n) is 13.6. The summed E-state index contributed by atoms with van der Waals surface area (Å²) in [4.78, 5) is 17.5. The number of carbonyl (C=O) groups excluding carboxylic acids is 2. The molecule has 0 radical (unpaired) electrons. The molecular weight excluding hydrogens is 695 g/mol. The zero-order valence-electron chi connectivity index (χ0n) is 24.0. The van der Waals surface area contributed by atoms with Gasteiger partial charge in [-0.1, -0.05) is 72.8 Å². The number of halogens is 3. The molecule has 0 saturated carbocycles. The summed E-state index contributed by atoms with van der Waals surface area (Å²) >= 11 is 1.62. The molecule has 0 saturated heterocycles. The molecule has 1 N–H and O–H groups in total. The third kappa shape index (κ3) is 15.3. The Kier molecular flexibility index (Phi) is 22.5. The molecule has 0 fully saturated rings. The molecule has 4 nitrogen and oxygen atoms in total. The molecule has 4 aromatic rings. The molecule has 0 amide bonds. The normalized spacial score (nSPS) is 10.0. The van der Waals surface area contributed by atoms with E-state index in [9.17, 15) is 13.6 Å². The molecule has 43 heavy (non-hydrogen) atoms. The van der Waals surface area contributed by atoms with Gasteiger partial charge in [-0.3, -0.25) is 6.79 Å². The summed E-state index contributed by atoms with van der Waals surface area (Å²) in [6.07, 6.45) is -0.579. The zero-order valence-corrected chi connectivity index (χ0v) is 28.6. The summed E-state index contributed by atoms with van der Waals surface area (Å²) in [5.74, 6) is -1.45. The summed E-state index contributed by atoms with van der Waals surface area (Å²) < 4.78 is 26.2. The van der Waals surface area contributed by atoms with Crippen LogP contribution in [0.3, 0.4) is 0 Å². The van der Waals surface area contributed by atoms with Crippen LogP contribution in [0.4, 0.5) is 8.78 Å². The molecule has 0 heterocycles. The quantitative estimate of drug-likeness (QED) is 0.0539. The molecule has 0 aromatic heterocycles. The van der Waals surface area contributed by atoms with Crippen molar-refractivity contribution in [2.24, 2.45) is 0 Å². The van der Waals surface area contributed by atoms with Crippen LogP contribution in [-0.2, 0) is 31.6 Å². The van der Waals surface area contributed by atoms with Crippen LogP contribution >= 0.6 is 25.5 Å². The Hall–Kier alpha value is -2.39. The summed E-state index contributed by atoms with van der Waals surface area (Å²) in [6.45, 7) is 6.86. The molecule has 230 valence electrons. The van der Waals surface area contributed by atoms with E-state index < -0.39 is 28.2 Å². The summed E-state index contributed by atoms with van der Waals surface area (Å²) in [5.41, 5.74) is 0. The zero-order chi connectivity index (χ0) is 31.7. The van der Waals surface area contributed by atoms with Crippen LogP contribution in [0.25, 0.3) is 0 Å². The first-order chi connectivity index (χ1) is 21.1. The minimum Gasteiger partial charge on any atom is -0.310 e. The standard InChI is InChI=1S/C28H29NP2.C4H6F2O2.CHO.ClH.Ru.H/c1-5-13-25(14-6-1)30(26-15-7-2-8-16-26)23-21-29-22-24-31(27-17-9-3-10-18-27)28-19-11-4-12-20-28;1-2-8-4(7)3(5)6;1-2;;;/h1-20,29H,21-24H2;3H,2H2,1H3;1H;1H;;/q;;-1;;+3;/p+1. The van der Waals surface area contributed by atoms with Gasteiger partial charge in [-0.05, 0) is 55.5 Å². The van der Waals surface area contributed by atoms with Crippen molar-refractivity contribution in [2.75, 3.05) is 32.0 Å². The first-order valence-corrected chi connectivity index (χ1v) is 19.4. The van der Waals surface area contributed by atoms with Gasteiger partial charge in [-0.15, -0.1) is 0 Å². The fourth-order valence-electron chi connectivity index (χ4n) is 4.23. The van der Waals surface area contributed by atoms with Gasteiger partial charge in [-0.2, -0.15) is 8.78 Å². The van der Waals surface area contributed by atoms with Gasteiger partial charge < -0.3 is 14.8 Å². The van der Waals surface area contributed by atoms with Crippen molar-refractivity contribution in [3.05, 3.63) is 121 Å². The van der Waals surface area contributed by atoms with Crippen molar-refractivity contribution in [3.8, 4) is 0 Å². The van der Waals surface area contributed by atoms with Gasteiger partial charge in [0.15, 0.2) is 0 Å². The maximum atomic E-state index is 11.1. The maximum absolute atomic E-state index is 11.1. The van der Waals surface area contributed by atoms with Crippen LogP contribution in [0, 0.1) is 0 Å². The largest absolute Gasteiger partial charge is 0.310 e. The molecule has 0 aliphatic rings. The minimum atomic E-state index is -2.99. The van der Waals surface area contributed by atoms with Crippen molar-refractivity contribution in [1.82, 2.24) is 5.32 Å². The average Bonchev–Trinajstić information content (AvgIpc) is 3.08. The fraction of sp³-hybridized carbons (Fsp3) is 0.212. The molecule has 0 spiro atoms. The summed E-state index contributed by atoms with van der Waals surface area (Å²) in [5, 5.41) is 9.77. The topological polar surface area (TPSA) is 55.4 Å². The fourth-order valence-corrected chi connectivity index (χ4v) is 9.28. The number of hydrogen-bond donors (Lipinski definition) is 1. The molecule has 4 aromatic carbocycles. The van der Waals surface area contributed by atoms with Crippen LogP contribution in [0.15, 0.2) is 121 Å². The molecule has 10 heteroatoms. The molecule has 0 aliphatic heterocycles. The molecule has 0 atom stereocenters. The van der Waals surface area contributed by atoms with E-state index in [1.165, 1.54) is 40.5 Å². The Morgan fingerprint density at radius 1 is 0.698 bits per heavy atom. The second-order valence-electron chi connectivity index (χ2n) is 8.72. The van der Waals surface area contributed by atoms with Crippen molar-refractivity contribution in [1.29, 1.82) is 0 Å². The minimum absolute atomic E-state index is 0.00315. The van der Waals surface area contributed by atoms with E-state index in [2.05, 4.69) is 148 Å². The van der Waals surface area contributed by atoms with E-state index in [4.69, 9.17) is 4.79 Å². The van der Waals surface area contributed by atoms with E-state index in [0.29, 0.717) is 0 Å². The number of hydrogen-bond acceptors (Lipinski definition) is 4. The van der Waals surface area contributed by atoms with Gasteiger partial charge in [0.25, 0.3) is 0 Å². The predicted molar refractivity (Wildman–Crippen MR) is 180 cm³/mol. The Bertz CT molecular complexity index is 1070. The van der Waals surface area contributed by atoms with Gasteiger partial charge in [0.05, 0.1) is 56.0 Å². The third-order valence-electron chi connectivity index (χ3n) is 6.06. The molecule has 0 aliphatic carbocycles. The first kappa shape index (κ1) is 38.6. The second kappa shape index (κ2) is 25.0. The smallest absolute Gasteiger partial charge is 0.0967 e. The average molecular weight is 734 g/mol. The van der Waals surface area contributed by atoms with Gasteiger partial charge in [0.2, 0.25) is 0 Å². The molecule has 4 rings (SSSR count). The van der Waals surface area contributed by atoms with E-state index in [0.717, 1.165) is 13.1 Å². The third-order valence-corrected chi connectivity index (χ3v) is 11.7. The molecular formula is C33H39ClF2NO3P2Ru+3. The van der Waals surface area contributed by atoms with Crippen LogP contribution in [0.1, 0.15) is 6.92 Å². The van der Waals surface area contributed by atoms with Gasteiger partial charge >= 0.3 is 39.4 Å². The van der Waals surface area contributed by atoms with Crippen LogP contribution in [0.5, 0.6) is 0 Å². The van der Waals surface area contributed by atoms with Crippen LogP contribution in [0.2, 0.25) is 0 Å². The van der Waals surface area contributed by atoms with E-state index in [1.54, 1.807) is 17.3 Å². The summed E-state index contributed by atoms with van der Waals surface area (Å²) in [7, 11) is 3.09. The number of esters is 1. The van der Waals surface area contributed by atoms with Crippen LogP contribution < -0.4 is 26.5 Å². The summed E-state index contributed by atoms with van der Waals surface area (Å²) in [6, 6.07) is 44.2. The Morgan fingerprint density at radius 3 is 1.19 bits per heavy atom. The van der Waals surface area contributed by atoms with Gasteiger partial charge in [0.1, 0.15) is 0 Å². The SMILES string of the molecule is CCOC(=O)C(F)F.[CH-]=O.[Cl][RuH+2].c1ccc([PH+](CCNCC[PH+](c2ccccc2)c2ccccc2)c2ccccc2)cc1.